The van der Waals surface area contributed by atoms with Crippen LogP contribution in [-0.4, -0.2) is 31.3 Å². The van der Waals surface area contributed by atoms with Crippen LogP contribution in [-0.2, 0) is 9.53 Å². The number of nitrogens with two attached hydrogens (primary N) is 1. The van der Waals surface area contributed by atoms with Crippen LogP contribution in [0.15, 0.2) is 18.2 Å². The summed E-state index contributed by atoms with van der Waals surface area (Å²) < 4.78 is 11.0. The fraction of sp³-hybridized carbons (Fsp3) is 0.500. The molecule has 1 heterocycles. The molecule has 118 valence electrons. The van der Waals surface area contributed by atoms with Crippen molar-refractivity contribution >= 4 is 35.6 Å². The van der Waals surface area contributed by atoms with Crippen LogP contribution < -0.4 is 15.8 Å². The molecule has 1 amide bonds. The molecule has 0 radical (unpaired) electrons. The lowest BCUT2D eigenvalue weighted by atomic mass is 10.2. The highest BCUT2D eigenvalue weighted by Gasteiger charge is 2.30. The van der Waals surface area contributed by atoms with Gasteiger partial charge in [0, 0.05) is 17.6 Å². The number of rotatable bonds is 5. The minimum Gasteiger partial charge on any atom is -0.492 e. The zero-order chi connectivity index (χ0) is 14.5. The molecule has 1 aliphatic heterocycles. The Morgan fingerprint density at radius 3 is 2.90 bits per heavy atom. The number of carbonyl (C=O) groups is 1. The maximum absolute atomic E-state index is 12.2. The molecule has 3 N–H and O–H groups in total. The average molecular weight is 335 g/mol. The van der Waals surface area contributed by atoms with Crippen LogP contribution >= 0.6 is 24.0 Å². The predicted molar refractivity (Wildman–Crippen MR) is 85.4 cm³/mol. The zero-order valence-electron chi connectivity index (χ0n) is 11.8. The van der Waals surface area contributed by atoms with Gasteiger partial charge in [-0.15, -0.1) is 12.4 Å². The van der Waals surface area contributed by atoms with E-state index in [0.29, 0.717) is 36.0 Å². The third-order valence-corrected chi connectivity index (χ3v) is 3.40. The number of hydrogen-bond donors (Lipinski definition) is 2. The fourth-order valence-electron chi connectivity index (χ4n) is 2.16. The van der Waals surface area contributed by atoms with Gasteiger partial charge in [-0.05, 0) is 31.9 Å². The predicted octanol–water partition coefficient (Wildman–Crippen LogP) is 2.61. The number of halogens is 2. The molecule has 1 aromatic carbocycles. The van der Waals surface area contributed by atoms with Crippen molar-refractivity contribution in [1.82, 2.24) is 0 Å². The topological polar surface area (TPSA) is 73.6 Å². The highest BCUT2D eigenvalue weighted by atomic mass is 35.5. The first-order chi connectivity index (χ1) is 9.63. The number of ether oxygens (including phenoxy) is 2. The van der Waals surface area contributed by atoms with Crippen LogP contribution in [0, 0.1) is 0 Å². The molecule has 2 atom stereocenters. The van der Waals surface area contributed by atoms with E-state index in [1.54, 1.807) is 18.2 Å². The zero-order valence-corrected chi connectivity index (χ0v) is 13.4. The minimum absolute atomic E-state index is 0. The first-order valence-electron chi connectivity index (χ1n) is 6.72. The van der Waals surface area contributed by atoms with Crippen LogP contribution in [0.25, 0.3) is 0 Å². The molecule has 1 fully saturated rings. The summed E-state index contributed by atoms with van der Waals surface area (Å²) in [5, 5.41) is 3.38. The van der Waals surface area contributed by atoms with Gasteiger partial charge < -0.3 is 20.5 Å². The molecule has 1 aromatic rings. The van der Waals surface area contributed by atoms with Crippen molar-refractivity contribution in [3.05, 3.63) is 23.2 Å². The molecule has 5 nitrogen and oxygen atoms in total. The SMILES string of the molecule is CCOc1cc(Cl)ccc1NC(=O)[C@@H]1CC[C@H](CN)O1.Cl. The van der Waals surface area contributed by atoms with Gasteiger partial charge in [-0.3, -0.25) is 4.79 Å². The number of benzene rings is 1. The van der Waals surface area contributed by atoms with Crippen LogP contribution in [0.3, 0.4) is 0 Å². The second-order valence-corrected chi connectivity index (χ2v) is 5.06. The van der Waals surface area contributed by atoms with Crippen molar-refractivity contribution in [2.75, 3.05) is 18.5 Å². The monoisotopic (exact) mass is 334 g/mol. The second kappa shape index (κ2) is 8.44. The van der Waals surface area contributed by atoms with Crippen LogP contribution in [0.4, 0.5) is 5.69 Å². The van der Waals surface area contributed by atoms with Gasteiger partial charge in [0.2, 0.25) is 0 Å². The Hall–Kier alpha value is -1.01. The summed E-state index contributed by atoms with van der Waals surface area (Å²) >= 11 is 5.92. The van der Waals surface area contributed by atoms with Gasteiger partial charge in [-0.2, -0.15) is 0 Å². The number of nitrogens with one attached hydrogen (secondary N) is 1. The summed E-state index contributed by atoms with van der Waals surface area (Å²) in [7, 11) is 0. The Morgan fingerprint density at radius 2 is 2.29 bits per heavy atom. The lowest BCUT2D eigenvalue weighted by Gasteiger charge is -2.15. The molecule has 21 heavy (non-hydrogen) atoms. The smallest absolute Gasteiger partial charge is 0.253 e. The van der Waals surface area contributed by atoms with E-state index in [4.69, 9.17) is 26.8 Å². The third-order valence-electron chi connectivity index (χ3n) is 3.16. The van der Waals surface area contributed by atoms with E-state index >= 15 is 0 Å². The van der Waals surface area contributed by atoms with E-state index in [2.05, 4.69) is 5.32 Å². The average Bonchev–Trinajstić information content (AvgIpc) is 2.91. The molecule has 0 aliphatic carbocycles. The summed E-state index contributed by atoms with van der Waals surface area (Å²) in [6.07, 6.45) is 1.02. The maximum Gasteiger partial charge on any atom is 0.253 e. The first-order valence-corrected chi connectivity index (χ1v) is 7.10. The van der Waals surface area contributed by atoms with E-state index in [1.807, 2.05) is 6.92 Å². The standard InChI is InChI=1S/C14H19ClN2O3.ClH/c1-2-19-13-7-9(15)3-5-11(13)17-14(18)12-6-4-10(8-16)20-12;/h3,5,7,10,12H,2,4,6,8,16H2,1H3,(H,17,18);1H/t10-,12+;/m1./s1. The normalized spacial score (nSPS) is 20.7. The van der Waals surface area contributed by atoms with E-state index in [9.17, 15) is 4.79 Å². The van der Waals surface area contributed by atoms with Crippen LogP contribution in [0.5, 0.6) is 5.75 Å². The quantitative estimate of drug-likeness (QED) is 0.867. The van der Waals surface area contributed by atoms with E-state index in [-0.39, 0.29) is 24.4 Å². The van der Waals surface area contributed by atoms with Crippen molar-refractivity contribution in [2.24, 2.45) is 5.73 Å². The molecule has 1 aliphatic rings. The summed E-state index contributed by atoms with van der Waals surface area (Å²) in [4.78, 5) is 12.2. The van der Waals surface area contributed by atoms with Crippen LogP contribution in [0.2, 0.25) is 5.02 Å². The third kappa shape index (κ3) is 4.74. The Morgan fingerprint density at radius 1 is 1.52 bits per heavy atom. The molecule has 7 heteroatoms. The largest absolute Gasteiger partial charge is 0.492 e. The Bertz CT molecular complexity index is 485. The molecule has 2 rings (SSSR count). The van der Waals surface area contributed by atoms with Crippen molar-refractivity contribution in [1.29, 1.82) is 0 Å². The summed E-state index contributed by atoms with van der Waals surface area (Å²) in [6, 6.07) is 5.11. The van der Waals surface area contributed by atoms with Crippen LogP contribution in [0.1, 0.15) is 19.8 Å². The Balaban J connectivity index is 0.00000220. The summed E-state index contributed by atoms with van der Waals surface area (Å²) in [6.45, 7) is 2.81. The molecule has 0 aromatic heterocycles. The van der Waals surface area contributed by atoms with Gasteiger partial charge in [-0.1, -0.05) is 11.6 Å². The Labute approximate surface area is 135 Å². The molecule has 1 saturated heterocycles. The minimum atomic E-state index is -0.450. The van der Waals surface area contributed by atoms with Gasteiger partial charge in [0.05, 0.1) is 18.4 Å². The van der Waals surface area contributed by atoms with E-state index in [1.165, 1.54) is 0 Å². The van der Waals surface area contributed by atoms with E-state index in [0.717, 1.165) is 6.42 Å². The van der Waals surface area contributed by atoms with Crippen molar-refractivity contribution in [3.8, 4) is 5.75 Å². The Kier molecular flexibility index (Phi) is 7.25. The summed E-state index contributed by atoms with van der Waals surface area (Å²) in [5.74, 6) is 0.381. The molecular formula is C14H20Cl2N2O3. The van der Waals surface area contributed by atoms with Gasteiger partial charge >= 0.3 is 0 Å². The first kappa shape index (κ1) is 18.0. The van der Waals surface area contributed by atoms with E-state index < -0.39 is 6.10 Å². The molecule has 0 saturated carbocycles. The second-order valence-electron chi connectivity index (χ2n) is 4.62. The molecule has 0 unspecified atom stereocenters. The lowest BCUT2D eigenvalue weighted by Crippen LogP contribution is -2.29. The number of hydrogen-bond acceptors (Lipinski definition) is 4. The number of carbonyl (C=O) groups excluding carboxylic acids is 1. The van der Waals surface area contributed by atoms with Gasteiger partial charge in [-0.25, -0.2) is 0 Å². The number of anilines is 1. The highest BCUT2D eigenvalue weighted by molar-refractivity contribution is 6.30. The van der Waals surface area contributed by atoms with Crippen molar-refractivity contribution < 1.29 is 14.3 Å². The van der Waals surface area contributed by atoms with Gasteiger partial charge in [0.1, 0.15) is 11.9 Å². The van der Waals surface area contributed by atoms with Crippen molar-refractivity contribution in [2.45, 2.75) is 32.0 Å². The maximum atomic E-state index is 12.2. The van der Waals surface area contributed by atoms with Crippen molar-refractivity contribution in [3.63, 3.8) is 0 Å². The lowest BCUT2D eigenvalue weighted by molar-refractivity contribution is -0.126. The highest BCUT2D eigenvalue weighted by Crippen LogP contribution is 2.29. The molecule has 0 bridgehead atoms. The molecular weight excluding hydrogens is 315 g/mol. The number of amides is 1. The van der Waals surface area contributed by atoms with Gasteiger partial charge in [0.15, 0.2) is 0 Å². The molecule has 0 spiro atoms. The summed E-state index contributed by atoms with van der Waals surface area (Å²) in [5.41, 5.74) is 6.14. The fourth-order valence-corrected chi connectivity index (χ4v) is 2.32. The van der Waals surface area contributed by atoms with Gasteiger partial charge in [0.25, 0.3) is 5.91 Å².